The highest BCUT2D eigenvalue weighted by molar-refractivity contribution is 8.04. The monoisotopic (exact) mass is 311 g/mol. The Bertz CT molecular complexity index is 770. The lowest BCUT2D eigenvalue weighted by molar-refractivity contribution is -0.106. The van der Waals surface area contributed by atoms with E-state index in [4.69, 9.17) is 4.74 Å². The number of methoxy groups -OCH3 is 1. The number of ether oxygens (including phenoxy) is 1. The number of carbonyl (C=O) groups is 2. The molecule has 0 atom stereocenters. The number of amides is 1. The summed E-state index contributed by atoms with van der Waals surface area (Å²) in [7, 11) is 1.57. The fraction of sp³-hybridized carbons (Fsp3) is 0.0588. The summed E-state index contributed by atoms with van der Waals surface area (Å²) in [6.07, 6.45) is 2.24. The molecule has 1 amide bonds. The third-order valence-corrected chi connectivity index (χ3v) is 4.38. The molecule has 4 nitrogen and oxygen atoms in total. The van der Waals surface area contributed by atoms with E-state index in [1.54, 1.807) is 43.6 Å². The Balaban J connectivity index is 1.93. The fourth-order valence-electron chi connectivity index (χ4n) is 2.19. The highest BCUT2D eigenvalue weighted by Crippen LogP contribution is 2.40. The number of benzene rings is 2. The number of thioether (sulfide) groups is 1. The van der Waals surface area contributed by atoms with Gasteiger partial charge in [-0.15, -0.1) is 0 Å². The van der Waals surface area contributed by atoms with Crippen molar-refractivity contribution >= 4 is 29.6 Å². The molecule has 0 aromatic heterocycles. The molecule has 1 aliphatic rings. The van der Waals surface area contributed by atoms with Crippen molar-refractivity contribution in [3.8, 4) is 5.75 Å². The summed E-state index contributed by atoms with van der Waals surface area (Å²) in [5, 5.41) is 0. The molecule has 3 rings (SSSR count). The van der Waals surface area contributed by atoms with Crippen molar-refractivity contribution in [2.75, 3.05) is 12.0 Å². The minimum absolute atomic E-state index is 0.0599. The van der Waals surface area contributed by atoms with Crippen LogP contribution in [-0.4, -0.2) is 19.3 Å². The van der Waals surface area contributed by atoms with Gasteiger partial charge in [0.2, 0.25) is 12.2 Å². The van der Waals surface area contributed by atoms with E-state index in [-0.39, 0.29) is 5.78 Å². The summed E-state index contributed by atoms with van der Waals surface area (Å²) in [4.78, 5) is 26.6. The summed E-state index contributed by atoms with van der Waals surface area (Å²) in [6.45, 7) is 0. The first-order chi connectivity index (χ1) is 10.7. The van der Waals surface area contributed by atoms with E-state index < -0.39 is 0 Å². The third-order valence-electron chi connectivity index (χ3n) is 3.30. The van der Waals surface area contributed by atoms with Gasteiger partial charge >= 0.3 is 0 Å². The number of hydrogen-bond acceptors (Lipinski definition) is 4. The normalized spacial score (nSPS) is 14.8. The van der Waals surface area contributed by atoms with E-state index in [0.29, 0.717) is 28.3 Å². The van der Waals surface area contributed by atoms with Crippen molar-refractivity contribution in [2.24, 2.45) is 0 Å². The smallest absolute Gasteiger partial charge is 0.218 e. The molecule has 0 aliphatic carbocycles. The number of carbonyl (C=O) groups excluding carboxylic acids is 2. The van der Waals surface area contributed by atoms with Crippen LogP contribution in [0, 0.1) is 0 Å². The predicted molar refractivity (Wildman–Crippen MR) is 86.2 cm³/mol. The van der Waals surface area contributed by atoms with Crippen LogP contribution in [0.25, 0.3) is 0 Å². The number of anilines is 1. The van der Waals surface area contributed by atoms with Gasteiger partial charge in [-0.05, 0) is 24.3 Å². The maximum Gasteiger partial charge on any atom is 0.218 e. The van der Waals surface area contributed by atoms with Crippen molar-refractivity contribution in [1.82, 2.24) is 0 Å². The molecule has 5 heteroatoms. The fourth-order valence-corrected chi connectivity index (χ4v) is 3.21. The highest BCUT2D eigenvalue weighted by atomic mass is 32.2. The molecule has 0 saturated carbocycles. The summed E-state index contributed by atoms with van der Waals surface area (Å²) in [5.74, 6) is 0.590. The first kappa shape index (κ1) is 14.4. The molecule has 0 unspecified atom stereocenters. The minimum atomic E-state index is -0.0599. The SMILES string of the molecule is COc1cccc(N(C=O)/C=C2\Sc3ccccc3C2=O)c1. The van der Waals surface area contributed by atoms with Crippen LogP contribution in [0.15, 0.2) is 64.5 Å². The van der Waals surface area contributed by atoms with Crippen LogP contribution in [0.4, 0.5) is 5.69 Å². The molecule has 0 fully saturated rings. The molecule has 0 bridgehead atoms. The van der Waals surface area contributed by atoms with Gasteiger partial charge in [0.15, 0.2) is 0 Å². The average molecular weight is 311 g/mol. The van der Waals surface area contributed by atoms with E-state index in [1.807, 2.05) is 18.2 Å². The number of rotatable bonds is 4. The Hall–Kier alpha value is -2.53. The maximum atomic E-state index is 12.3. The van der Waals surface area contributed by atoms with Crippen LogP contribution in [0.5, 0.6) is 5.75 Å². The lowest BCUT2D eigenvalue weighted by Gasteiger charge is -2.14. The van der Waals surface area contributed by atoms with Gasteiger partial charge in [-0.25, -0.2) is 0 Å². The van der Waals surface area contributed by atoms with Gasteiger partial charge in [0.05, 0.1) is 17.7 Å². The average Bonchev–Trinajstić information content (AvgIpc) is 2.89. The molecule has 110 valence electrons. The van der Waals surface area contributed by atoms with Crippen molar-refractivity contribution in [1.29, 1.82) is 0 Å². The quantitative estimate of drug-likeness (QED) is 0.640. The van der Waals surface area contributed by atoms with Gasteiger partial charge in [-0.3, -0.25) is 14.5 Å². The van der Waals surface area contributed by atoms with Crippen LogP contribution >= 0.6 is 11.8 Å². The summed E-state index contributed by atoms with van der Waals surface area (Å²) in [5.41, 5.74) is 1.32. The zero-order chi connectivity index (χ0) is 15.5. The molecule has 2 aromatic rings. The van der Waals surface area contributed by atoms with Gasteiger partial charge in [-0.2, -0.15) is 0 Å². The van der Waals surface area contributed by atoms with Crippen molar-refractivity contribution < 1.29 is 14.3 Å². The number of ketones is 1. The summed E-state index contributed by atoms with van der Waals surface area (Å²) in [6, 6.07) is 14.5. The Labute approximate surface area is 132 Å². The Morgan fingerprint density at radius 3 is 2.68 bits per heavy atom. The van der Waals surface area contributed by atoms with E-state index in [2.05, 4.69) is 0 Å². The third kappa shape index (κ3) is 2.63. The topological polar surface area (TPSA) is 46.6 Å². The Morgan fingerprint density at radius 2 is 1.95 bits per heavy atom. The zero-order valence-corrected chi connectivity index (χ0v) is 12.7. The van der Waals surface area contributed by atoms with E-state index >= 15 is 0 Å². The van der Waals surface area contributed by atoms with E-state index in [1.165, 1.54) is 16.7 Å². The van der Waals surface area contributed by atoms with E-state index in [0.717, 1.165) is 4.90 Å². The molecular weight excluding hydrogens is 298 g/mol. The molecular formula is C17H13NO3S. The first-order valence-electron chi connectivity index (χ1n) is 6.64. The van der Waals surface area contributed by atoms with Crippen LogP contribution in [0.1, 0.15) is 10.4 Å². The minimum Gasteiger partial charge on any atom is -0.497 e. The lowest BCUT2D eigenvalue weighted by Crippen LogP contribution is -2.14. The Kier molecular flexibility index (Phi) is 3.98. The van der Waals surface area contributed by atoms with Gasteiger partial charge < -0.3 is 4.74 Å². The maximum absolute atomic E-state index is 12.3. The summed E-state index contributed by atoms with van der Waals surface area (Å²) >= 11 is 1.37. The van der Waals surface area contributed by atoms with Crippen LogP contribution in [0.3, 0.4) is 0 Å². The van der Waals surface area contributed by atoms with Crippen molar-refractivity contribution in [2.45, 2.75) is 4.90 Å². The molecule has 0 saturated heterocycles. The molecule has 2 aromatic carbocycles. The standard InChI is InChI=1S/C17H13NO3S/c1-21-13-6-4-5-12(9-13)18(11-19)10-16-17(20)14-7-2-3-8-15(14)22-16/h2-11H,1H3/b16-10-. The zero-order valence-electron chi connectivity index (χ0n) is 11.9. The predicted octanol–water partition coefficient (Wildman–Crippen LogP) is 3.49. The second kappa shape index (κ2) is 6.07. The van der Waals surface area contributed by atoms with Gasteiger partial charge in [0.25, 0.3) is 0 Å². The van der Waals surface area contributed by atoms with E-state index in [9.17, 15) is 9.59 Å². The largest absolute Gasteiger partial charge is 0.497 e. The number of hydrogen-bond donors (Lipinski definition) is 0. The lowest BCUT2D eigenvalue weighted by atomic mass is 10.1. The molecule has 22 heavy (non-hydrogen) atoms. The first-order valence-corrected chi connectivity index (χ1v) is 7.45. The second-order valence-corrected chi connectivity index (χ2v) is 5.72. The van der Waals surface area contributed by atoms with Gasteiger partial charge in [0, 0.05) is 22.7 Å². The van der Waals surface area contributed by atoms with Crippen molar-refractivity contribution in [3.05, 3.63) is 65.2 Å². The molecule has 1 aliphatic heterocycles. The Morgan fingerprint density at radius 1 is 1.14 bits per heavy atom. The number of allylic oxidation sites excluding steroid dienone is 1. The van der Waals surface area contributed by atoms with Gasteiger partial charge in [-0.1, -0.05) is 30.0 Å². The highest BCUT2D eigenvalue weighted by Gasteiger charge is 2.26. The molecule has 0 radical (unpaired) electrons. The van der Waals surface area contributed by atoms with Crippen LogP contribution in [0.2, 0.25) is 0 Å². The number of nitrogens with zero attached hydrogens (tertiary/aromatic N) is 1. The second-order valence-electron chi connectivity index (χ2n) is 4.63. The van der Waals surface area contributed by atoms with Crippen molar-refractivity contribution in [3.63, 3.8) is 0 Å². The van der Waals surface area contributed by atoms with Crippen LogP contribution in [-0.2, 0) is 4.79 Å². The number of fused-ring (bicyclic) bond motifs is 1. The molecule has 0 spiro atoms. The summed E-state index contributed by atoms with van der Waals surface area (Å²) < 4.78 is 5.16. The van der Waals surface area contributed by atoms with Crippen LogP contribution < -0.4 is 9.64 Å². The molecule has 0 N–H and O–H groups in total. The van der Waals surface area contributed by atoms with Gasteiger partial charge in [0.1, 0.15) is 5.75 Å². The number of Topliss-reactive ketones (excluding diaryl/α,β-unsaturated/α-hetero) is 1. The molecule has 1 heterocycles.